The summed E-state index contributed by atoms with van der Waals surface area (Å²) in [4.78, 5) is 36.3. The number of ether oxygens (including phenoxy) is 2. The Morgan fingerprint density at radius 1 is 0.761 bits per heavy atom. The van der Waals surface area contributed by atoms with Gasteiger partial charge in [-0.05, 0) is 59.0 Å². The van der Waals surface area contributed by atoms with Crippen LogP contribution in [0, 0.1) is 0 Å². The first-order chi connectivity index (χ1) is 21.4. The van der Waals surface area contributed by atoms with Crippen molar-refractivity contribution in [2.24, 2.45) is 0 Å². The molecule has 7 nitrogen and oxygen atoms in total. The Labute approximate surface area is 254 Å². The van der Waals surface area contributed by atoms with Gasteiger partial charge in [0.15, 0.2) is 0 Å². The van der Waals surface area contributed by atoms with E-state index >= 15 is 0 Å². The lowest BCUT2D eigenvalue weighted by molar-refractivity contribution is -0.202. The zero-order valence-corrected chi connectivity index (χ0v) is 23.3. The Hall–Kier alpha value is -4.60. The number of nitrogens with one attached hydrogen (secondary N) is 2. The number of hydrogen-bond acceptors (Lipinski definition) is 6. The number of alkyl halides is 9. The molecule has 2 N–H and O–H groups in total. The molecule has 1 atom stereocenters. The Morgan fingerprint density at radius 2 is 1.28 bits per heavy atom. The van der Waals surface area contributed by atoms with Crippen molar-refractivity contribution in [2.75, 3.05) is 13.2 Å². The van der Waals surface area contributed by atoms with Gasteiger partial charge in [0.2, 0.25) is 0 Å². The van der Waals surface area contributed by atoms with Crippen LogP contribution in [0.1, 0.15) is 40.2 Å². The number of carbonyl (C=O) groups excluding carboxylic acids is 3. The topological polar surface area (TPSA) is 93.7 Å². The van der Waals surface area contributed by atoms with E-state index in [0.29, 0.717) is 12.1 Å². The molecule has 246 valence electrons. The molecule has 1 aliphatic carbocycles. The summed E-state index contributed by atoms with van der Waals surface area (Å²) in [5, 5.41) is 4.47. The second kappa shape index (κ2) is 13.4. The van der Waals surface area contributed by atoms with Crippen LogP contribution in [0.4, 0.5) is 44.3 Å². The number of benzene rings is 3. The van der Waals surface area contributed by atoms with Gasteiger partial charge in [-0.25, -0.2) is 14.4 Å². The minimum absolute atomic E-state index is 0.0640. The van der Waals surface area contributed by atoms with Crippen LogP contribution < -0.4 is 10.6 Å². The highest BCUT2D eigenvalue weighted by molar-refractivity contribution is 5.92. The fourth-order valence-electron chi connectivity index (χ4n) is 4.85. The van der Waals surface area contributed by atoms with E-state index in [1.54, 1.807) is 12.1 Å². The minimum atomic E-state index is -5.55. The second-order valence-electron chi connectivity index (χ2n) is 10.1. The van der Waals surface area contributed by atoms with Crippen LogP contribution in [0.2, 0.25) is 0 Å². The second-order valence-corrected chi connectivity index (χ2v) is 10.1. The van der Waals surface area contributed by atoms with Crippen LogP contribution >= 0.6 is 0 Å². The zero-order valence-electron chi connectivity index (χ0n) is 23.3. The van der Waals surface area contributed by atoms with Crippen LogP contribution in [0.15, 0.2) is 66.7 Å². The summed E-state index contributed by atoms with van der Waals surface area (Å²) in [5.74, 6) is -5.12. The molecule has 3 aromatic carbocycles. The fraction of sp³-hybridized carbons (Fsp3) is 0.300. The van der Waals surface area contributed by atoms with E-state index in [9.17, 15) is 53.9 Å². The maximum absolute atomic E-state index is 13.1. The van der Waals surface area contributed by atoms with Gasteiger partial charge in [0.05, 0.1) is 11.1 Å². The highest BCUT2D eigenvalue weighted by Crippen LogP contribution is 2.44. The minimum Gasteiger partial charge on any atom is -0.449 e. The number of esters is 2. The predicted octanol–water partition coefficient (Wildman–Crippen LogP) is 6.74. The van der Waals surface area contributed by atoms with Gasteiger partial charge in [0.25, 0.3) is 0 Å². The molecule has 1 aliphatic rings. The molecule has 3 aromatic rings. The van der Waals surface area contributed by atoms with Crippen molar-refractivity contribution in [1.29, 1.82) is 0 Å². The van der Waals surface area contributed by atoms with Gasteiger partial charge in [-0.15, -0.1) is 0 Å². The van der Waals surface area contributed by atoms with Crippen LogP contribution in [-0.2, 0) is 38.0 Å². The molecule has 0 heterocycles. The SMILES string of the molecule is O=C(N[C@@H](CCNCc1cc(C(F)(F)F)cc(C(F)(F)F)c1)C(=O)OC(=O)C(F)(F)F)OCC1c2ccccc2-c2ccccc21. The molecule has 0 bridgehead atoms. The zero-order chi connectivity index (χ0) is 33.9. The molecule has 0 spiro atoms. The number of rotatable bonds is 9. The third-order valence-corrected chi connectivity index (χ3v) is 6.93. The van der Waals surface area contributed by atoms with E-state index in [4.69, 9.17) is 4.74 Å². The lowest BCUT2D eigenvalue weighted by atomic mass is 9.98. The number of fused-ring (bicyclic) bond motifs is 3. The Balaban J connectivity index is 1.42. The fourth-order valence-corrected chi connectivity index (χ4v) is 4.85. The van der Waals surface area contributed by atoms with Crippen LogP contribution in [-0.4, -0.2) is 43.4 Å². The molecule has 1 amide bonds. The first kappa shape index (κ1) is 34.3. The van der Waals surface area contributed by atoms with Gasteiger partial charge >= 0.3 is 36.6 Å². The standard InChI is InChI=1S/C30H23F9N2O5/c31-28(32,33)17-11-16(12-18(13-17)29(34,35)36)14-40-10-9-24(25(42)46-26(43)30(37,38)39)41-27(44)45-15-23-21-7-3-1-5-19(21)20-6-2-4-8-22(20)23/h1-8,11-13,23-24,40H,9-10,14-15H2,(H,41,44)/t24-/m0/s1. The first-order valence-electron chi connectivity index (χ1n) is 13.4. The number of hydrogen-bond donors (Lipinski definition) is 2. The molecule has 4 rings (SSSR count). The summed E-state index contributed by atoms with van der Waals surface area (Å²) >= 11 is 0. The molecular formula is C30H23F9N2O5. The normalized spacial score (nSPS) is 13.8. The monoisotopic (exact) mass is 662 g/mol. The van der Waals surface area contributed by atoms with E-state index in [1.807, 2.05) is 41.7 Å². The summed E-state index contributed by atoms with van der Waals surface area (Å²) in [6, 6.07) is 13.5. The lowest BCUT2D eigenvalue weighted by Crippen LogP contribution is -2.45. The molecular weight excluding hydrogens is 639 g/mol. The Kier molecular flexibility index (Phi) is 9.99. The number of amides is 1. The average Bonchev–Trinajstić information content (AvgIpc) is 3.29. The Morgan fingerprint density at radius 3 is 1.78 bits per heavy atom. The third-order valence-electron chi connectivity index (χ3n) is 6.93. The average molecular weight is 663 g/mol. The molecule has 0 aliphatic heterocycles. The molecule has 46 heavy (non-hydrogen) atoms. The van der Waals surface area contributed by atoms with Crippen LogP contribution in [0.25, 0.3) is 11.1 Å². The maximum Gasteiger partial charge on any atom is 0.491 e. The van der Waals surface area contributed by atoms with E-state index in [1.165, 1.54) is 0 Å². The molecule has 0 saturated heterocycles. The van der Waals surface area contributed by atoms with Gasteiger partial charge < -0.3 is 20.1 Å². The quantitative estimate of drug-likeness (QED) is 0.114. The van der Waals surface area contributed by atoms with Crippen molar-refractivity contribution >= 4 is 18.0 Å². The number of halogens is 9. The summed E-state index contributed by atoms with van der Waals surface area (Å²) < 4.78 is 126. The Bertz CT molecular complexity index is 1520. The van der Waals surface area contributed by atoms with Crippen molar-refractivity contribution in [1.82, 2.24) is 10.6 Å². The van der Waals surface area contributed by atoms with Crippen molar-refractivity contribution in [3.8, 4) is 11.1 Å². The van der Waals surface area contributed by atoms with Crippen molar-refractivity contribution in [3.63, 3.8) is 0 Å². The highest BCUT2D eigenvalue weighted by atomic mass is 19.4. The van der Waals surface area contributed by atoms with E-state index in [2.05, 4.69) is 10.1 Å². The molecule has 0 radical (unpaired) electrons. The highest BCUT2D eigenvalue weighted by Gasteiger charge is 2.44. The van der Waals surface area contributed by atoms with Crippen molar-refractivity contribution in [2.45, 2.75) is 43.5 Å². The van der Waals surface area contributed by atoms with E-state index in [0.717, 1.165) is 22.3 Å². The van der Waals surface area contributed by atoms with Gasteiger partial charge in [-0.1, -0.05) is 48.5 Å². The molecule has 0 fully saturated rings. The van der Waals surface area contributed by atoms with E-state index < -0.39 is 84.7 Å². The van der Waals surface area contributed by atoms with E-state index in [-0.39, 0.29) is 12.7 Å². The first-order valence-corrected chi connectivity index (χ1v) is 13.4. The summed E-state index contributed by atoms with van der Waals surface area (Å²) in [6.07, 6.45) is -17.6. The summed E-state index contributed by atoms with van der Waals surface area (Å²) in [5.41, 5.74) is -0.127. The van der Waals surface area contributed by atoms with Gasteiger partial charge in [0, 0.05) is 12.5 Å². The molecule has 0 unspecified atom stereocenters. The van der Waals surface area contributed by atoms with Gasteiger partial charge in [0.1, 0.15) is 12.6 Å². The molecule has 0 saturated carbocycles. The summed E-state index contributed by atoms with van der Waals surface area (Å²) in [6.45, 7) is -1.29. The maximum atomic E-state index is 13.1. The third kappa shape index (κ3) is 8.35. The lowest BCUT2D eigenvalue weighted by Gasteiger charge is -2.19. The van der Waals surface area contributed by atoms with Crippen LogP contribution in [0.3, 0.4) is 0 Å². The smallest absolute Gasteiger partial charge is 0.449 e. The molecule has 16 heteroatoms. The molecule has 0 aromatic heterocycles. The van der Waals surface area contributed by atoms with Gasteiger partial charge in [-0.3, -0.25) is 0 Å². The van der Waals surface area contributed by atoms with Crippen molar-refractivity contribution in [3.05, 3.63) is 94.5 Å². The largest absolute Gasteiger partial charge is 0.491 e. The van der Waals surface area contributed by atoms with Crippen LogP contribution in [0.5, 0.6) is 0 Å². The van der Waals surface area contributed by atoms with Crippen molar-refractivity contribution < 1.29 is 63.4 Å². The van der Waals surface area contributed by atoms with Gasteiger partial charge in [-0.2, -0.15) is 39.5 Å². The number of carbonyl (C=O) groups is 3. The summed E-state index contributed by atoms with van der Waals surface area (Å²) in [7, 11) is 0. The predicted molar refractivity (Wildman–Crippen MR) is 142 cm³/mol. The number of alkyl carbamates (subject to hydrolysis) is 1.